The molecule has 1 aliphatic heterocycles. The van der Waals surface area contributed by atoms with Crippen molar-refractivity contribution in [2.24, 2.45) is 0 Å². The van der Waals surface area contributed by atoms with E-state index in [1.807, 2.05) is 6.07 Å². The maximum Gasteiger partial charge on any atom is 0.265 e. The Labute approximate surface area is 165 Å². The van der Waals surface area contributed by atoms with Crippen molar-refractivity contribution in [3.05, 3.63) is 40.8 Å². The Morgan fingerprint density at radius 3 is 2.44 bits per heavy atom. The topological polar surface area (TPSA) is 74.3 Å². The summed E-state index contributed by atoms with van der Waals surface area (Å²) in [7, 11) is 1.59. The molecular weight excluding hydrogens is 380 g/mol. The number of carbonyl (C=O) groups is 2. The summed E-state index contributed by atoms with van der Waals surface area (Å²) >= 11 is 3.07. The van der Waals surface area contributed by atoms with E-state index in [1.165, 1.54) is 30.6 Å². The molecule has 0 bridgehead atoms. The molecule has 4 rings (SSSR count). The van der Waals surface area contributed by atoms with Gasteiger partial charge in [-0.15, -0.1) is 11.3 Å². The quantitative estimate of drug-likeness (QED) is 0.695. The van der Waals surface area contributed by atoms with Gasteiger partial charge in [-0.25, -0.2) is 4.98 Å². The first kappa shape index (κ1) is 17.9. The highest BCUT2D eigenvalue weighted by molar-refractivity contribution is 7.29. The van der Waals surface area contributed by atoms with Crippen LogP contribution in [-0.2, 0) is 0 Å². The number of benzene rings is 1. The summed E-state index contributed by atoms with van der Waals surface area (Å²) in [4.78, 5) is 32.7. The third kappa shape index (κ3) is 3.81. The van der Waals surface area contributed by atoms with Crippen LogP contribution in [0.5, 0.6) is 0 Å². The molecule has 1 fully saturated rings. The Kier molecular flexibility index (Phi) is 5.09. The first-order chi connectivity index (χ1) is 13.1. The van der Waals surface area contributed by atoms with E-state index >= 15 is 0 Å². The van der Waals surface area contributed by atoms with Crippen molar-refractivity contribution in [3.63, 3.8) is 0 Å². The van der Waals surface area contributed by atoms with E-state index in [1.54, 1.807) is 42.6 Å². The maximum absolute atomic E-state index is 12.5. The van der Waals surface area contributed by atoms with Crippen molar-refractivity contribution in [2.75, 3.05) is 30.4 Å². The van der Waals surface area contributed by atoms with Crippen LogP contribution in [0.25, 0.3) is 9.53 Å². The van der Waals surface area contributed by atoms with Gasteiger partial charge >= 0.3 is 0 Å². The number of thiazole rings is 1. The van der Waals surface area contributed by atoms with E-state index < -0.39 is 0 Å². The van der Waals surface area contributed by atoms with Gasteiger partial charge in [0.05, 0.1) is 9.58 Å². The first-order valence-electron chi connectivity index (χ1n) is 8.93. The molecule has 0 spiro atoms. The summed E-state index contributed by atoms with van der Waals surface area (Å²) in [6.45, 7) is 2.14. The summed E-state index contributed by atoms with van der Waals surface area (Å²) in [6.07, 6.45) is 3.74. The van der Waals surface area contributed by atoms with Crippen LogP contribution >= 0.6 is 22.7 Å². The molecule has 8 heteroatoms. The molecule has 0 unspecified atom stereocenters. The monoisotopic (exact) mass is 400 g/mol. The Bertz CT molecular complexity index is 940. The van der Waals surface area contributed by atoms with Crippen LogP contribution in [0.15, 0.2) is 30.3 Å². The number of nitrogens with one attached hydrogen (secondary N) is 2. The molecule has 2 N–H and O–H groups in total. The molecule has 1 aliphatic rings. The number of piperidine rings is 1. The molecule has 0 radical (unpaired) electrons. The van der Waals surface area contributed by atoms with E-state index in [4.69, 9.17) is 4.98 Å². The second-order valence-corrected chi connectivity index (χ2v) is 8.47. The predicted octanol–water partition coefficient (Wildman–Crippen LogP) is 3.96. The zero-order chi connectivity index (χ0) is 18.8. The summed E-state index contributed by atoms with van der Waals surface area (Å²) in [5.74, 6) is -0.306. The lowest BCUT2D eigenvalue weighted by atomic mass is 10.1. The van der Waals surface area contributed by atoms with Crippen LogP contribution in [0.1, 0.15) is 39.3 Å². The number of aromatic nitrogens is 1. The number of carbonyl (C=O) groups excluding carboxylic acids is 2. The summed E-state index contributed by atoms with van der Waals surface area (Å²) in [6, 6.07) is 8.75. The molecule has 0 aliphatic carbocycles. The molecule has 27 heavy (non-hydrogen) atoms. The van der Waals surface area contributed by atoms with E-state index in [2.05, 4.69) is 15.5 Å². The van der Waals surface area contributed by atoms with Gasteiger partial charge in [0.1, 0.15) is 4.83 Å². The van der Waals surface area contributed by atoms with Crippen molar-refractivity contribution in [3.8, 4) is 0 Å². The SMILES string of the molecule is CNC(=O)c1ccc(NC(=O)c2cc3sc(N4CCCCC4)nc3s2)cc1. The number of hydrogen-bond donors (Lipinski definition) is 2. The van der Waals surface area contributed by atoms with Gasteiger partial charge in [0.25, 0.3) is 11.8 Å². The lowest BCUT2D eigenvalue weighted by Crippen LogP contribution is -2.29. The van der Waals surface area contributed by atoms with Gasteiger partial charge in [-0.2, -0.15) is 0 Å². The highest BCUT2D eigenvalue weighted by atomic mass is 32.1. The normalized spacial score (nSPS) is 14.3. The molecule has 3 heterocycles. The van der Waals surface area contributed by atoms with Crippen molar-refractivity contribution in [2.45, 2.75) is 19.3 Å². The zero-order valence-corrected chi connectivity index (χ0v) is 16.6. The van der Waals surface area contributed by atoms with E-state index in [0.717, 1.165) is 27.8 Å². The van der Waals surface area contributed by atoms with Crippen molar-refractivity contribution in [1.29, 1.82) is 0 Å². The Balaban J connectivity index is 1.46. The second-order valence-electron chi connectivity index (χ2n) is 6.43. The smallest absolute Gasteiger partial charge is 0.265 e. The fraction of sp³-hybridized carbons (Fsp3) is 0.316. The van der Waals surface area contributed by atoms with Crippen molar-refractivity contribution >= 4 is 54.8 Å². The minimum absolute atomic E-state index is 0.151. The third-order valence-corrected chi connectivity index (χ3v) is 6.78. The number of nitrogens with zero attached hydrogens (tertiary/aromatic N) is 2. The molecule has 0 atom stereocenters. The molecule has 2 amide bonds. The highest BCUT2D eigenvalue weighted by Crippen LogP contribution is 2.35. The molecule has 6 nitrogen and oxygen atoms in total. The number of amides is 2. The van der Waals surface area contributed by atoms with Crippen LogP contribution in [0, 0.1) is 0 Å². The van der Waals surface area contributed by atoms with E-state index in [9.17, 15) is 9.59 Å². The number of anilines is 2. The van der Waals surface area contributed by atoms with Crippen LogP contribution in [0.4, 0.5) is 10.8 Å². The largest absolute Gasteiger partial charge is 0.355 e. The molecule has 0 saturated carbocycles. The van der Waals surface area contributed by atoms with Crippen LogP contribution in [0.2, 0.25) is 0 Å². The number of rotatable bonds is 4. The lowest BCUT2D eigenvalue weighted by Gasteiger charge is -2.25. The average Bonchev–Trinajstić information content (AvgIpc) is 3.28. The minimum atomic E-state index is -0.155. The predicted molar refractivity (Wildman–Crippen MR) is 111 cm³/mol. The standard InChI is InChI=1S/C19H20N4O2S2/c1-20-16(24)12-5-7-13(8-6-12)21-17(25)14-11-15-18(26-14)22-19(27-15)23-9-3-2-4-10-23/h5-8,11H,2-4,9-10H2,1H3,(H,20,24)(H,21,25). The molecule has 140 valence electrons. The maximum atomic E-state index is 12.5. The highest BCUT2D eigenvalue weighted by Gasteiger charge is 2.18. The summed E-state index contributed by atoms with van der Waals surface area (Å²) in [5, 5.41) is 6.51. The molecular formula is C19H20N4O2S2. The summed E-state index contributed by atoms with van der Waals surface area (Å²) in [5.41, 5.74) is 1.22. The molecule has 1 saturated heterocycles. The van der Waals surface area contributed by atoms with Crippen LogP contribution < -0.4 is 15.5 Å². The van der Waals surface area contributed by atoms with Gasteiger partial charge in [-0.3, -0.25) is 9.59 Å². The second kappa shape index (κ2) is 7.66. The van der Waals surface area contributed by atoms with Crippen LogP contribution in [0.3, 0.4) is 0 Å². The molecule has 1 aromatic carbocycles. The fourth-order valence-electron chi connectivity index (χ4n) is 3.10. The molecule has 3 aromatic rings. The lowest BCUT2D eigenvalue weighted by molar-refractivity contribution is 0.0962. The summed E-state index contributed by atoms with van der Waals surface area (Å²) < 4.78 is 1.06. The fourth-order valence-corrected chi connectivity index (χ4v) is 5.26. The van der Waals surface area contributed by atoms with Gasteiger partial charge in [0, 0.05) is 31.4 Å². The Morgan fingerprint density at radius 2 is 1.78 bits per heavy atom. The van der Waals surface area contributed by atoms with Gasteiger partial charge in [0.15, 0.2) is 5.13 Å². The third-order valence-electron chi connectivity index (χ3n) is 4.56. The Morgan fingerprint density at radius 1 is 1.04 bits per heavy atom. The first-order valence-corrected chi connectivity index (χ1v) is 10.6. The van der Waals surface area contributed by atoms with E-state index in [-0.39, 0.29) is 11.8 Å². The van der Waals surface area contributed by atoms with Crippen LogP contribution in [-0.4, -0.2) is 36.9 Å². The number of hydrogen-bond acceptors (Lipinski definition) is 6. The van der Waals surface area contributed by atoms with E-state index in [0.29, 0.717) is 16.1 Å². The molecule has 2 aromatic heterocycles. The van der Waals surface area contributed by atoms with Gasteiger partial charge in [0.2, 0.25) is 0 Å². The van der Waals surface area contributed by atoms with Crippen molar-refractivity contribution in [1.82, 2.24) is 10.3 Å². The minimum Gasteiger partial charge on any atom is -0.355 e. The van der Waals surface area contributed by atoms with Gasteiger partial charge < -0.3 is 15.5 Å². The Hall–Kier alpha value is -2.45. The van der Waals surface area contributed by atoms with Crippen molar-refractivity contribution < 1.29 is 9.59 Å². The zero-order valence-electron chi connectivity index (χ0n) is 14.9. The average molecular weight is 401 g/mol. The number of fused-ring (bicyclic) bond motifs is 1. The van der Waals surface area contributed by atoms with Gasteiger partial charge in [-0.05, 0) is 49.6 Å². The van der Waals surface area contributed by atoms with Gasteiger partial charge in [-0.1, -0.05) is 11.3 Å². The number of thiophene rings is 1.